The van der Waals surface area contributed by atoms with Crippen LogP contribution in [0.5, 0.6) is 5.75 Å². The smallest absolute Gasteiger partial charge is 0.265 e. The average Bonchev–Trinajstić information content (AvgIpc) is 2.93. The minimum atomic E-state index is -4.06. The predicted octanol–water partition coefficient (Wildman–Crippen LogP) is 5.09. The summed E-state index contributed by atoms with van der Waals surface area (Å²) >= 11 is 7.50. The standard InChI is InChI=1S/C25H30ClN5O5S3/c1-3-13-27-24-22(37-19-8-10-20(11-9-19)39(34,35)31-14-5-4-6-15-31)17-28-25(29-24)30-38(32,33)23-12-7-18(36-2)16-21(23)26/h7-12,16-17H,3-6,13-15H2,1-2H3,(H2,27,28,29,30). The zero-order valence-corrected chi connectivity index (χ0v) is 24.8. The maximum atomic E-state index is 13.0. The molecule has 1 aromatic heterocycles. The lowest BCUT2D eigenvalue weighted by atomic mass is 10.2. The first-order chi connectivity index (χ1) is 18.6. The third-order valence-electron chi connectivity index (χ3n) is 5.96. The van der Waals surface area contributed by atoms with Gasteiger partial charge < -0.3 is 10.1 Å². The second-order valence-electron chi connectivity index (χ2n) is 8.77. The number of sulfonamides is 2. The molecular formula is C25H30ClN5O5S3. The maximum Gasteiger partial charge on any atom is 0.265 e. The molecule has 14 heteroatoms. The molecule has 2 heterocycles. The van der Waals surface area contributed by atoms with Crippen LogP contribution in [0, 0.1) is 0 Å². The lowest BCUT2D eigenvalue weighted by Crippen LogP contribution is -2.35. The first-order valence-electron chi connectivity index (χ1n) is 12.4. The molecule has 10 nitrogen and oxygen atoms in total. The number of aromatic nitrogens is 2. The number of rotatable bonds is 11. The fourth-order valence-electron chi connectivity index (χ4n) is 3.93. The first-order valence-corrected chi connectivity index (χ1v) is 16.5. The largest absolute Gasteiger partial charge is 0.497 e. The first kappa shape index (κ1) is 29.4. The molecule has 0 spiro atoms. The molecular weight excluding hydrogens is 582 g/mol. The Kier molecular flexibility index (Phi) is 9.60. The van der Waals surface area contributed by atoms with Gasteiger partial charge in [-0.05, 0) is 55.7 Å². The highest BCUT2D eigenvalue weighted by Crippen LogP contribution is 2.34. The van der Waals surface area contributed by atoms with Crippen LogP contribution in [0.25, 0.3) is 0 Å². The van der Waals surface area contributed by atoms with Gasteiger partial charge in [0.1, 0.15) is 16.5 Å². The Labute approximate surface area is 238 Å². The van der Waals surface area contributed by atoms with Gasteiger partial charge in [-0.1, -0.05) is 36.7 Å². The molecule has 1 fully saturated rings. The summed E-state index contributed by atoms with van der Waals surface area (Å²) in [6.45, 7) is 3.69. The molecule has 1 aliphatic heterocycles. The van der Waals surface area contributed by atoms with E-state index in [9.17, 15) is 16.8 Å². The van der Waals surface area contributed by atoms with Crippen molar-refractivity contribution < 1.29 is 21.6 Å². The molecule has 0 unspecified atom stereocenters. The quantitative estimate of drug-likeness (QED) is 0.304. The van der Waals surface area contributed by atoms with Crippen LogP contribution in [-0.2, 0) is 20.0 Å². The molecule has 0 amide bonds. The van der Waals surface area contributed by atoms with Gasteiger partial charge in [0.15, 0.2) is 0 Å². The molecule has 2 aromatic carbocycles. The van der Waals surface area contributed by atoms with Gasteiger partial charge in [0.05, 0.1) is 21.9 Å². The Hall–Kier alpha value is -2.58. The van der Waals surface area contributed by atoms with Gasteiger partial charge in [0.2, 0.25) is 16.0 Å². The van der Waals surface area contributed by atoms with Crippen LogP contribution < -0.4 is 14.8 Å². The number of nitrogens with one attached hydrogen (secondary N) is 2. The normalized spacial score (nSPS) is 14.6. The van der Waals surface area contributed by atoms with E-state index in [-0.39, 0.29) is 20.8 Å². The van der Waals surface area contributed by atoms with Crippen LogP contribution in [-0.4, -0.2) is 57.9 Å². The van der Waals surface area contributed by atoms with Crippen LogP contribution in [0.1, 0.15) is 32.6 Å². The zero-order chi connectivity index (χ0) is 28.0. The summed E-state index contributed by atoms with van der Waals surface area (Å²) < 4.78 is 60.8. The van der Waals surface area contributed by atoms with E-state index >= 15 is 0 Å². The van der Waals surface area contributed by atoms with Crippen molar-refractivity contribution in [3.05, 3.63) is 53.7 Å². The van der Waals surface area contributed by atoms with Crippen molar-refractivity contribution in [3.8, 4) is 5.75 Å². The van der Waals surface area contributed by atoms with E-state index in [0.29, 0.717) is 36.1 Å². The van der Waals surface area contributed by atoms with Crippen molar-refractivity contribution in [2.45, 2.75) is 52.2 Å². The van der Waals surface area contributed by atoms with Crippen LogP contribution in [0.3, 0.4) is 0 Å². The number of hydrogen-bond donors (Lipinski definition) is 2. The van der Waals surface area contributed by atoms with Crippen LogP contribution in [0.4, 0.5) is 11.8 Å². The summed E-state index contributed by atoms with van der Waals surface area (Å²) in [5.41, 5.74) is 0. The number of methoxy groups -OCH3 is 1. The van der Waals surface area contributed by atoms with Gasteiger partial charge in [-0.25, -0.2) is 26.5 Å². The highest BCUT2D eigenvalue weighted by molar-refractivity contribution is 7.99. The summed E-state index contributed by atoms with van der Waals surface area (Å²) in [4.78, 5) is 10.2. The molecule has 1 aliphatic rings. The SMILES string of the molecule is CCCNc1nc(NS(=O)(=O)c2ccc(OC)cc2Cl)ncc1Sc1ccc(S(=O)(=O)N2CCCCC2)cc1. The molecule has 210 valence electrons. The van der Waals surface area contributed by atoms with Gasteiger partial charge >= 0.3 is 0 Å². The fourth-order valence-corrected chi connectivity index (χ4v) is 7.78. The van der Waals surface area contributed by atoms with E-state index in [1.165, 1.54) is 47.6 Å². The summed E-state index contributed by atoms with van der Waals surface area (Å²) in [5.74, 6) is 0.757. The van der Waals surface area contributed by atoms with E-state index < -0.39 is 20.0 Å². The van der Waals surface area contributed by atoms with Crippen molar-refractivity contribution in [2.75, 3.05) is 36.8 Å². The predicted molar refractivity (Wildman–Crippen MR) is 153 cm³/mol. The Morgan fingerprint density at radius 2 is 1.77 bits per heavy atom. The third-order valence-corrected chi connectivity index (χ3v) is 10.7. The van der Waals surface area contributed by atoms with Gasteiger partial charge in [0.25, 0.3) is 10.0 Å². The number of hydrogen-bond acceptors (Lipinski definition) is 9. The lowest BCUT2D eigenvalue weighted by molar-refractivity contribution is 0.346. The van der Waals surface area contributed by atoms with Crippen molar-refractivity contribution in [2.24, 2.45) is 0 Å². The molecule has 0 atom stereocenters. The lowest BCUT2D eigenvalue weighted by Gasteiger charge is -2.25. The van der Waals surface area contributed by atoms with Gasteiger partial charge in [-0.2, -0.15) is 9.29 Å². The van der Waals surface area contributed by atoms with Crippen molar-refractivity contribution >= 4 is 55.2 Å². The molecule has 2 N–H and O–H groups in total. The van der Waals surface area contributed by atoms with E-state index in [0.717, 1.165) is 30.6 Å². The average molecular weight is 612 g/mol. The number of nitrogens with zero attached hydrogens (tertiary/aromatic N) is 3. The monoisotopic (exact) mass is 611 g/mol. The van der Waals surface area contributed by atoms with E-state index in [4.69, 9.17) is 16.3 Å². The molecule has 3 aromatic rings. The van der Waals surface area contributed by atoms with Crippen molar-refractivity contribution in [1.29, 1.82) is 0 Å². The minimum absolute atomic E-state index is 0.00380. The van der Waals surface area contributed by atoms with Crippen LogP contribution in [0.15, 0.2) is 68.2 Å². The highest BCUT2D eigenvalue weighted by atomic mass is 35.5. The maximum absolute atomic E-state index is 13.0. The Balaban J connectivity index is 1.54. The molecule has 39 heavy (non-hydrogen) atoms. The summed E-state index contributed by atoms with van der Waals surface area (Å²) in [6, 6.07) is 11.0. The van der Waals surface area contributed by atoms with Gasteiger partial charge in [0, 0.05) is 36.8 Å². The summed E-state index contributed by atoms with van der Waals surface area (Å²) in [5, 5.41) is 3.21. The van der Waals surface area contributed by atoms with Gasteiger partial charge in [-0.15, -0.1) is 0 Å². The highest BCUT2D eigenvalue weighted by Gasteiger charge is 2.26. The molecule has 0 aliphatic carbocycles. The second kappa shape index (κ2) is 12.7. The molecule has 4 rings (SSSR count). The number of anilines is 2. The minimum Gasteiger partial charge on any atom is -0.497 e. The molecule has 0 saturated carbocycles. The second-order valence-corrected chi connectivity index (χ2v) is 13.9. The zero-order valence-electron chi connectivity index (χ0n) is 21.6. The molecule has 0 bridgehead atoms. The third kappa shape index (κ3) is 7.14. The van der Waals surface area contributed by atoms with E-state index in [2.05, 4.69) is 20.0 Å². The Morgan fingerprint density at radius 3 is 2.41 bits per heavy atom. The Bertz CT molecular complexity index is 1510. The van der Waals surface area contributed by atoms with E-state index in [1.54, 1.807) is 24.3 Å². The van der Waals surface area contributed by atoms with Crippen molar-refractivity contribution in [3.63, 3.8) is 0 Å². The number of benzene rings is 2. The summed E-state index contributed by atoms with van der Waals surface area (Å²) in [6.07, 6.45) is 5.13. The molecule has 1 saturated heterocycles. The number of piperidine rings is 1. The van der Waals surface area contributed by atoms with Crippen molar-refractivity contribution in [1.82, 2.24) is 14.3 Å². The van der Waals surface area contributed by atoms with Crippen LogP contribution >= 0.6 is 23.4 Å². The van der Waals surface area contributed by atoms with E-state index in [1.807, 2.05) is 6.92 Å². The Morgan fingerprint density at radius 1 is 1.05 bits per heavy atom. The topological polar surface area (TPSA) is 131 Å². The fraction of sp³-hybridized carbons (Fsp3) is 0.360. The molecule has 0 radical (unpaired) electrons. The summed E-state index contributed by atoms with van der Waals surface area (Å²) in [7, 11) is -6.12. The van der Waals surface area contributed by atoms with Gasteiger partial charge in [-0.3, -0.25) is 0 Å². The van der Waals surface area contributed by atoms with Crippen LogP contribution in [0.2, 0.25) is 5.02 Å². The number of ether oxygens (including phenoxy) is 1. The number of halogens is 1.